The van der Waals surface area contributed by atoms with E-state index in [1.54, 1.807) is 0 Å². The van der Waals surface area contributed by atoms with Crippen LogP contribution in [0.15, 0.2) is 51.7 Å². The van der Waals surface area contributed by atoms with Crippen molar-refractivity contribution in [2.24, 2.45) is 0 Å². The lowest BCUT2D eigenvalue weighted by molar-refractivity contribution is 0.306. The predicted octanol–water partition coefficient (Wildman–Crippen LogP) is 3.73. The SMILES string of the molecule is Cc1ccc(COc2ccc3c4c(c(=O)oc3c2)CCCC4)cc1.O. The van der Waals surface area contributed by atoms with Crippen molar-refractivity contribution < 1.29 is 14.6 Å². The zero-order valence-electron chi connectivity index (χ0n) is 14.3. The van der Waals surface area contributed by atoms with E-state index >= 15 is 0 Å². The van der Waals surface area contributed by atoms with Crippen molar-refractivity contribution in [2.75, 3.05) is 0 Å². The van der Waals surface area contributed by atoms with Crippen LogP contribution in [0.1, 0.15) is 35.1 Å². The van der Waals surface area contributed by atoms with Gasteiger partial charge in [0.05, 0.1) is 0 Å². The highest BCUT2D eigenvalue weighted by molar-refractivity contribution is 5.82. The molecule has 4 rings (SSSR count). The molecule has 0 bridgehead atoms. The van der Waals surface area contributed by atoms with Gasteiger partial charge in [0, 0.05) is 17.0 Å². The molecule has 0 aliphatic heterocycles. The van der Waals surface area contributed by atoms with Gasteiger partial charge in [-0.2, -0.15) is 0 Å². The molecule has 2 aromatic carbocycles. The second-order valence-electron chi connectivity index (χ2n) is 6.49. The molecule has 1 aromatic heterocycles. The van der Waals surface area contributed by atoms with Crippen LogP contribution < -0.4 is 10.4 Å². The first-order valence-electron chi connectivity index (χ1n) is 8.48. The molecule has 0 unspecified atom stereocenters. The van der Waals surface area contributed by atoms with Crippen molar-refractivity contribution in [2.45, 2.75) is 39.2 Å². The summed E-state index contributed by atoms with van der Waals surface area (Å²) in [5.41, 5.74) is 4.82. The molecule has 0 atom stereocenters. The second kappa shape index (κ2) is 7.11. The molecule has 4 heteroatoms. The van der Waals surface area contributed by atoms with Gasteiger partial charge in [-0.05, 0) is 55.9 Å². The van der Waals surface area contributed by atoms with E-state index in [1.165, 1.54) is 5.56 Å². The fourth-order valence-corrected chi connectivity index (χ4v) is 3.37. The highest BCUT2D eigenvalue weighted by Crippen LogP contribution is 2.29. The van der Waals surface area contributed by atoms with E-state index < -0.39 is 0 Å². The van der Waals surface area contributed by atoms with Crippen LogP contribution in [0.4, 0.5) is 0 Å². The molecular formula is C21H22O4. The molecule has 1 aliphatic carbocycles. The van der Waals surface area contributed by atoms with Crippen LogP contribution in [-0.2, 0) is 19.4 Å². The molecule has 1 aliphatic rings. The quantitative estimate of drug-likeness (QED) is 0.683. The molecule has 0 fully saturated rings. The topological polar surface area (TPSA) is 70.9 Å². The van der Waals surface area contributed by atoms with Gasteiger partial charge in [0.25, 0.3) is 0 Å². The number of ether oxygens (including phenoxy) is 1. The summed E-state index contributed by atoms with van der Waals surface area (Å²) in [4.78, 5) is 12.2. The minimum Gasteiger partial charge on any atom is -0.489 e. The number of rotatable bonds is 3. The van der Waals surface area contributed by atoms with Crippen LogP contribution >= 0.6 is 0 Å². The van der Waals surface area contributed by atoms with Gasteiger partial charge in [0.1, 0.15) is 17.9 Å². The Morgan fingerprint density at radius 3 is 2.48 bits per heavy atom. The number of aryl methyl sites for hydroxylation is 2. The fraction of sp³-hybridized carbons (Fsp3) is 0.286. The number of hydrogen-bond donors (Lipinski definition) is 0. The van der Waals surface area contributed by atoms with Gasteiger partial charge in [-0.1, -0.05) is 29.8 Å². The van der Waals surface area contributed by atoms with E-state index in [9.17, 15) is 4.79 Å². The first-order valence-corrected chi connectivity index (χ1v) is 8.48. The lowest BCUT2D eigenvalue weighted by Gasteiger charge is -2.16. The zero-order chi connectivity index (χ0) is 16.5. The van der Waals surface area contributed by atoms with Crippen molar-refractivity contribution in [1.29, 1.82) is 0 Å². The Kier molecular flexibility index (Phi) is 4.91. The largest absolute Gasteiger partial charge is 0.489 e. The van der Waals surface area contributed by atoms with Crippen molar-refractivity contribution in [3.63, 3.8) is 0 Å². The van der Waals surface area contributed by atoms with Crippen LogP contribution in [0.5, 0.6) is 5.75 Å². The van der Waals surface area contributed by atoms with Crippen molar-refractivity contribution in [3.8, 4) is 5.75 Å². The smallest absolute Gasteiger partial charge is 0.339 e. The molecule has 25 heavy (non-hydrogen) atoms. The van der Waals surface area contributed by atoms with Crippen molar-refractivity contribution in [1.82, 2.24) is 0 Å². The average Bonchev–Trinajstić information content (AvgIpc) is 2.61. The van der Waals surface area contributed by atoms with Gasteiger partial charge in [-0.15, -0.1) is 0 Å². The minimum atomic E-state index is -0.187. The molecule has 0 saturated heterocycles. The number of benzene rings is 2. The minimum absolute atomic E-state index is 0. The molecule has 2 N–H and O–H groups in total. The molecule has 0 amide bonds. The van der Waals surface area contributed by atoms with E-state index in [2.05, 4.69) is 31.2 Å². The molecule has 4 nitrogen and oxygen atoms in total. The summed E-state index contributed by atoms with van der Waals surface area (Å²) in [6.07, 6.45) is 4.00. The predicted molar refractivity (Wildman–Crippen MR) is 98.3 cm³/mol. The molecule has 0 saturated carbocycles. The molecule has 3 aromatic rings. The van der Waals surface area contributed by atoms with Crippen LogP contribution in [0.2, 0.25) is 0 Å². The zero-order valence-corrected chi connectivity index (χ0v) is 14.3. The Morgan fingerprint density at radius 2 is 1.72 bits per heavy atom. The van der Waals surface area contributed by atoms with Gasteiger partial charge in [-0.3, -0.25) is 0 Å². The maximum absolute atomic E-state index is 12.2. The summed E-state index contributed by atoms with van der Waals surface area (Å²) >= 11 is 0. The van der Waals surface area contributed by atoms with E-state index in [0.29, 0.717) is 12.2 Å². The van der Waals surface area contributed by atoms with Crippen LogP contribution in [0, 0.1) is 6.92 Å². The van der Waals surface area contributed by atoms with Crippen molar-refractivity contribution in [3.05, 3.63) is 75.1 Å². The van der Waals surface area contributed by atoms with E-state index in [-0.39, 0.29) is 11.1 Å². The third-order valence-electron chi connectivity index (χ3n) is 4.72. The number of hydrogen-bond acceptors (Lipinski definition) is 3. The van der Waals surface area contributed by atoms with Crippen LogP contribution in [-0.4, -0.2) is 5.48 Å². The second-order valence-corrected chi connectivity index (χ2v) is 6.49. The Balaban J connectivity index is 0.00000182. The summed E-state index contributed by atoms with van der Waals surface area (Å²) in [5.74, 6) is 0.724. The van der Waals surface area contributed by atoms with Gasteiger partial charge in [0.15, 0.2) is 0 Å². The van der Waals surface area contributed by atoms with Gasteiger partial charge in [0.2, 0.25) is 0 Å². The van der Waals surface area contributed by atoms with E-state index in [0.717, 1.165) is 53.5 Å². The Labute approximate surface area is 146 Å². The Morgan fingerprint density at radius 1 is 1.00 bits per heavy atom. The van der Waals surface area contributed by atoms with Gasteiger partial charge in [-0.25, -0.2) is 4.79 Å². The Hall–Kier alpha value is -2.59. The summed E-state index contributed by atoms with van der Waals surface area (Å²) in [6, 6.07) is 14.1. The molecule has 0 radical (unpaired) electrons. The van der Waals surface area contributed by atoms with E-state index in [4.69, 9.17) is 9.15 Å². The summed E-state index contributed by atoms with van der Waals surface area (Å²) < 4.78 is 11.4. The van der Waals surface area contributed by atoms with Crippen LogP contribution in [0.3, 0.4) is 0 Å². The standard InChI is InChI=1S/C21H20O3.H2O/c1-14-6-8-15(9-7-14)13-23-16-10-11-18-17-4-2-3-5-19(17)21(22)24-20(18)12-16;/h6-12H,2-5,13H2,1H3;1H2. The summed E-state index contributed by atoms with van der Waals surface area (Å²) in [6.45, 7) is 2.57. The maximum atomic E-state index is 12.2. The number of fused-ring (bicyclic) bond motifs is 3. The lowest BCUT2D eigenvalue weighted by atomic mass is 9.91. The molecule has 0 spiro atoms. The first-order chi connectivity index (χ1) is 11.7. The van der Waals surface area contributed by atoms with Crippen molar-refractivity contribution >= 4 is 11.0 Å². The maximum Gasteiger partial charge on any atom is 0.339 e. The molecule has 1 heterocycles. The summed E-state index contributed by atoms with van der Waals surface area (Å²) in [5, 5.41) is 1.05. The first kappa shape index (κ1) is 17.2. The van der Waals surface area contributed by atoms with Gasteiger partial charge >= 0.3 is 5.63 Å². The normalized spacial score (nSPS) is 13.2. The summed E-state index contributed by atoms with van der Waals surface area (Å²) in [7, 11) is 0. The average molecular weight is 338 g/mol. The fourth-order valence-electron chi connectivity index (χ4n) is 3.37. The van der Waals surface area contributed by atoms with E-state index in [1.807, 2.05) is 18.2 Å². The third kappa shape index (κ3) is 3.44. The molecular weight excluding hydrogens is 316 g/mol. The lowest BCUT2D eigenvalue weighted by Crippen LogP contribution is -2.15. The highest BCUT2D eigenvalue weighted by atomic mass is 16.5. The molecule has 130 valence electrons. The monoisotopic (exact) mass is 338 g/mol. The van der Waals surface area contributed by atoms with Gasteiger partial charge < -0.3 is 14.6 Å². The third-order valence-corrected chi connectivity index (χ3v) is 4.72. The Bertz CT molecular complexity index is 939. The van der Waals surface area contributed by atoms with Crippen LogP contribution in [0.25, 0.3) is 11.0 Å². The highest BCUT2D eigenvalue weighted by Gasteiger charge is 2.18.